The van der Waals surface area contributed by atoms with E-state index in [2.05, 4.69) is 30.1 Å². The van der Waals surface area contributed by atoms with Gasteiger partial charge >= 0.3 is 28.2 Å². The first-order valence-corrected chi connectivity index (χ1v) is 14.3. The van der Waals surface area contributed by atoms with E-state index in [0.29, 0.717) is 12.0 Å². The number of aromatic nitrogens is 1. The number of hydrogen-bond acceptors (Lipinski definition) is 13. The first kappa shape index (κ1) is 31.8. The summed E-state index contributed by atoms with van der Waals surface area (Å²) in [5.41, 5.74) is -0.956. The lowest BCUT2D eigenvalue weighted by molar-refractivity contribution is -0.149. The summed E-state index contributed by atoms with van der Waals surface area (Å²) in [7, 11) is 8.14. The molecular weight excluding hydrogens is 580 g/mol. The average molecular weight is 605 g/mol. The Morgan fingerprint density at radius 3 is 2.56 bits per heavy atom. The van der Waals surface area contributed by atoms with Crippen molar-refractivity contribution in [1.29, 1.82) is 0 Å². The van der Waals surface area contributed by atoms with Crippen LogP contribution >= 0.6 is 11.3 Å². The predicted octanol–water partition coefficient (Wildman–Crippen LogP) is -0.0662. The van der Waals surface area contributed by atoms with Crippen molar-refractivity contribution in [2.45, 2.75) is 57.6 Å². The Labute approximate surface area is 243 Å². The molecule has 0 spiro atoms. The molecular formula is C22H25B2N5O10S2. The summed E-state index contributed by atoms with van der Waals surface area (Å²) in [4.78, 5) is 72.2. The summed E-state index contributed by atoms with van der Waals surface area (Å²) in [6, 6.07) is -1.29. The summed E-state index contributed by atoms with van der Waals surface area (Å²) in [6.07, 6.45) is -0.760. The summed E-state index contributed by atoms with van der Waals surface area (Å²) >= 11 is 0.941. The highest BCUT2D eigenvalue weighted by molar-refractivity contribution is 7.86. The molecule has 4 radical (unpaired) electrons. The van der Waals surface area contributed by atoms with Gasteiger partial charge in [0.25, 0.3) is 17.8 Å². The minimum atomic E-state index is -1.67. The van der Waals surface area contributed by atoms with Crippen LogP contribution in [-0.4, -0.2) is 95.1 Å². The summed E-state index contributed by atoms with van der Waals surface area (Å²) in [5, 5.41) is 8.99. The van der Waals surface area contributed by atoms with Crippen molar-refractivity contribution in [3.05, 3.63) is 22.3 Å². The molecule has 3 atom stereocenters. The van der Waals surface area contributed by atoms with Crippen molar-refractivity contribution in [3.63, 3.8) is 0 Å². The van der Waals surface area contributed by atoms with Crippen molar-refractivity contribution in [1.82, 2.24) is 15.2 Å². The Morgan fingerprint density at radius 1 is 1.24 bits per heavy atom. The molecule has 0 saturated carbocycles. The summed E-state index contributed by atoms with van der Waals surface area (Å²) in [5.74, 6) is -3.48. The van der Waals surface area contributed by atoms with Gasteiger partial charge in [-0.3, -0.25) is 28.8 Å². The number of nitrogens with zero attached hydrogens (tertiary/aromatic N) is 3. The Balaban J connectivity index is 1.82. The van der Waals surface area contributed by atoms with Crippen LogP contribution in [0, 0.1) is 0 Å². The van der Waals surface area contributed by atoms with E-state index in [-0.39, 0.29) is 35.3 Å². The Morgan fingerprint density at radius 2 is 1.95 bits per heavy atom. The Hall–Kier alpha value is -3.73. The van der Waals surface area contributed by atoms with E-state index >= 15 is 0 Å². The molecule has 41 heavy (non-hydrogen) atoms. The number of carbonyl (C=O) groups excluding carboxylic acids is 5. The van der Waals surface area contributed by atoms with Crippen LogP contribution in [0.3, 0.4) is 0 Å². The first-order valence-electron chi connectivity index (χ1n) is 12.0. The molecule has 3 rings (SSSR count). The monoisotopic (exact) mass is 605 g/mol. The summed E-state index contributed by atoms with van der Waals surface area (Å²) in [6.45, 7) is 6.43. The van der Waals surface area contributed by atoms with Crippen LogP contribution in [0.25, 0.3) is 0 Å². The molecule has 2 N–H and O–H groups in total. The van der Waals surface area contributed by atoms with Gasteiger partial charge in [0, 0.05) is 11.1 Å². The zero-order chi connectivity index (χ0) is 30.5. The molecule has 1 aromatic heterocycles. The lowest BCUT2D eigenvalue weighted by atomic mass is 10.0. The van der Waals surface area contributed by atoms with Crippen LogP contribution in [0.4, 0.5) is 9.93 Å². The lowest BCUT2D eigenvalue weighted by Gasteiger charge is -2.49. The van der Waals surface area contributed by atoms with Gasteiger partial charge in [0.05, 0.1) is 17.2 Å². The first-order chi connectivity index (χ1) is 19.3. The molecule has 1 aromatic rings. The summed E-state index contributed by atoms with van der Waals surface area (Å²) < 4.78 is 26.5. The van der Waals surface area contributed by atoms with E-state index < -0.39 is 63.4 Å². The van der Waals surface area contributed by atoms with Gasteiger partial charge in [0.15, 0.2) is 10.8 Å². The van der Waals surface area contributed by atoms with Gasteiger partial charge < -0.3 is 24.2 Å². The smallest absolute Gasteiger partial charge is 0.413 e. The second-order valence-corrected chi connectivity index (χ2v) is 11.9. The number of anilines is 1. The predicted molar refractivity (Wildman–Crippen MR) is 146 cm³/mol. The quantitative estimate of drug-likeness (QED) is 0.119. The zero-order valence-electron chi connectivity index (χ0n) is 22.5. The zero-order valence-corrected chi connectivity index (χ0v) is 24.1. The van der Waals surface area contributed by atoms with E-state index in [1.807, 2.05) is 0 Å². The topological polar surface area (TPSA) is 192 Å². The van der Waals surface area contributed by atoms with Gasteiger partial charge in [0.2, 0.25) is 0 Å². The van der Waals surface area contributed by atoms with Crippen LogP contribution < -0.4 is 10.6 Å². The number of amides is 3. The van der Waals surface area contributed by atoms with Gasteiger partial charge in [-0.1, -0.05) is 12.1 Å². The maximum atomic E-state index is 13.3. The molecule has 0 bridgehead atoms. The van der Waals surface area contributed by atoms with Crippen LogP contribution in [0.1, 0.15) is 46.2 Å². The normalized spacial score (nSPS) is 20.4. The molecule has 15 nitrogen and oxygen atoms in total. The maximum Gasteiger partial charge on any atom is 0.413 e. The van der Waals surface area contributed by atoms with Crippen molar-refractivity contribution >= 4 is 78.9 Å². The van der Waals surface area contributed by atoms with E-state index in [9.17, 15) is 28.2 Å². The highest BCUT2D eigenvalue weighted by Gasteiger charge is 2.57. The number of nitrogens with one attached hydrogen (secondary N) is 2. The second-order valence-electron chi connectivity index (χ2n) is 9.46. The fraction of sp³-hybridized carbons (Fsp3) is 0.500. The minimum Gasteiger partial charge on any atom is -0.543 e. The molecule has 1 saturated heterocycles. The molecule has 3 amide bonds. The van der Waals surface area contributed by atoms with Crippen molar-refractivity contribution < 1.29 is 47.1 Å². The van der Waals surface area contributed by atoms with Crippen molar-refractivity contribution in [2.75, 3.05) is 17.7 Å². The third kappa shape index (κ3) is 7.52. The lowest BCUT2D eigenvalue weighted by Crippen LogP contribution is -2.74. The van der Waals surface area contributed by atoms with Gasteiger partial charge in [-0.05, 0) is 32.8 Å². The second kappa shape index (κ2) is 13.3. The third-order valence-corrected chi connectivity index (χ3v) is 7.89. The molecule has 216 valence electrons. The number of rotatable bonds is 10. The van der Waals surface area contributed by atoms with Crippen molar-refractivity contribution in [3.8, 4) is 0 Å². The molecule has 0 aliphatic carbocycles. The molecule has 2 aliphatic heterocycles. The minimum absolute atomic E-state index is 0.0329. The molecule has 1 fully saturated rings. The number of hydrogen-bond donors (Lipinski definition) is 2. The molecule has 3 heterocycles. The number of oxime groups is 1. The highest BCUT2D eigenvalue weighted by atomic mass is 32.2. The van der Waals surface area contributed by atoms with E-state index in [0.717, 1.165) is 16.2 Å². The molecule has 1 unspecified atom stereocenters. The van der Waals surface area contributed by atoms with Crippen LogP contribution in [0.5, 0.6) is 0 Å². The number of carbonyl (C=O) groups is 5. The Bertz CT molecular complexity index is 1330. The van der Waals surface area contributed by atoms with E-state index in [4.69, 9.17) is 25.7 Å². The highest BCUT2D eigenvalue weighted by Crippen LogP contribution is 2.36. The number of thiazole rings is 1. The van der Waals surface area contributed by atoms with Gasteiger partial charge in [-0.2, -0.15) is 0 Å². The fourth-order valence-electron chi connectivity index (χ4n) is 3.71. The average Bonchev–Trinajstić information content (AvgIpc) is 3.36. The largest absolute Gasteiger partial charge is 0.543 e. The third-order valence-electron chi connectivity index (χ3n) is 5.47. The van der Waals surface area contributed by atoms with Gasteiger partial charge in [0.1, 0.15) is 35.0 Å². The van der Waals surface area contributed by atoms with Crippen LogP contribution in [0.2, 0.25) is 0 Å². The van der Waals surface area contributed by atoms with Crippen LogP contribution in [0.15, 0.2) is 21.8 Å². The number of β-lactam (4-membered cyclic amide) rings is 1. The number of fused-ring (bicyclic) bond motifs is 1. The maximum absolute atomic E-state index is 13.3. The number of ether oxygens (including phenoxy) is 1. The van der Waals surface area contributed by atoms with Gasteiger partial charge in [-0.15, -0.1) is 11.3 Å². The Kier molecular flexibility index (Phi) is 10.3. The van der Waals surface area contributed by atoms with Gasteiger partial charge in [-0.25, -0.2) is 14.6 Å². The van der Waals surface area contributed by atoms with E-state index in [1.54, 1.807) is 27.7 Å². The molecule has 0 aromatic carbocycles. The van der Waals surface area contributed by atoms with E-state index in [1.165, 1.54) is 5.38 Å². The fourth-order valence-corrected chi connectivity index (χ4v) is 6.18. The van der Waals surface area contributed by atoms with Crippen LogP contribution in [-0.2, 0) is 48.9 Å². The standard InChI is InChI=1S/C22H25B2N5O10S2/c1-5-10-9-41(35)18-14(17(32)29(18)15(10)19(33)39-24)26-16(31)13(28-36-7-6-12(30)38-23)11-8-40-20(25-11)27-21(34)37-22(2,3)4/h8,14,18H,5-7,9H2,1-4H3,(H,26,31)(H,25,27,34)/b28-13-/t14-,18-,41?/m1/s1. The van der Waals surface area contributed by atoms with Crippen molar-refractivity contribution in [2.24, 2.45) is 5.16 Å². The molecule has 2 aliphatic rings. The molecule has 19 heteroatoms. The SMILES string of the molecule is [B]OC(=O)CCO/N=C(\C(=O)N[C@@H]1C(=O)N2C(C(=O)O[B])=C(CC)CS(=O)[C@H]12)c1csc(NC(=O)OC(C)(C)C)n1.